The van der Waals surface area contributed by atoms with Gasteiger partial charge in [-0.25, -0.2) is 15.0 Å². The molecule has 0 radical (unpaired) electrons. The van der Waals surface area contributed by atoms with Crippen molar-refractivity contribution >= 4 is 11.0 Å². The van der Waals surface area contributed by atoms with E-state index < -0.39 is 0 Å². The second kappa shape index (κ2) is 5.26. The summed E-state index contributed by atoms with van der Waals surface area (Å²) >= 11 is 0. The van der Waals surface area contributed by atoms with Gasteiger partial charge < -0.3 is 5.32 Å². The molecule has 5 nitrogen and oxygen atoms in total. The van der Waals surface area contributed by atoms with E-state index in [1.807, 2.05) is 41.2 Å². The van der Waals surface area contributed by atoms with Gasteiger partial charge in [-0.3, -0.25) is 4.57 Å². The maximum absolute atomic E-state index is 4.44. The quantitative estimate of drug-likeness (QED) is 0.802. The minimum atomic E-state index is 0.0826. The van der Waals surface area contributed by atoms with Crippen molar-refractivity contribution < 1.29 is 0 Å². The lowest BCUT2D eigenvalue weighted by molar-refractivity contribution is 0.423. The minimum absolute atomic E-state index is 0.0826. The van der Waals surface area contributed by atoms with E-state index in [4.69, 9.17) is 0 Å². The summed E-state index contributed by atoms with van der Waals surface area (Å²) < 4.78 is 1.90. The zero-order valence-electron chi connectivity index (χ0n) is 12.5. The maximum Gasteiger partial charge on any atom is 0.235 e. The molecule has 0 amide bonds. The van der Waals surface area contributed by atoms with Crippen molar-refractivity contribution in [3.05, 3.63) is 48.5 Å². The number of hydrogen-bond acceptors (Lipinski definition) is 4. The zero-order chi connectivity index (χ0) is 14.9. The van der Waals surface area contributed by atoms with Gasteiger partial charge in [-0.1, -0.05) is 12.1 Å². The topological polar surface area (TPSA) is 55.6 Å². The molecule has 21 heavy (non-hydrogen) atoms. The molecule has 0 aliphatic heterocycles. The first-order valence-electron chi connectivity index (χ1n) is 7.01. The van der Waals surface area contributed by atoms with Gasteiger partial charge in [0.1, 0.15) is 6.33 Å². The molecule has 0 atom stereocenters. The van der Waals surface area contributed by atoms with E-state index in [2.05, 4.69) is 41.0 Å². The fourth-order valence-electron chi connectivity index (χ4n) is 2.05. The maximum atomic E-state index is 4.44. The summed E-state index contributed by atoms with van der Waals surface area (Å²) in [6.45, 7) is 7.17. The number of benzene rings is 1. The van der Waals surface area contributed by atoms with Gasteiger partial charge in [0, 0.05) is 30.0 Å². The molecule has 0 saturated carbocycles. The third-order valence-electron chi connectivity index (χ3n) is 3.18. The molecule has 3 rings (SSSR count). The van der Waals surface area contributed by atoms with Crippen LogP contribution in [0.1, 0.15) is 26.3 Å². The smallest absolute Gasteiger partial charge is 0.235 e. The number of nitrogens with zero attached hydrogens (tertiary/aromatic N) is 4. The Bertz CT molecular complexity index is 737. The summed E-state index contributed by atoms with van der Waals surface area (Å²) in [7, 11) is 0. The lowest BCUT2D eigenvalue weighted by Gasteiger charge is -2.20. The van der Waals surface area contributed by atoms with Gasteiger partial charge in [0.25, 0.3) is 0 Å². The van der Waals surface area contributed by atoms with E-state index in [1.165, 1.54) is 0 Å². The third-order valence-corrected chi connectivity index (χ3v) is 3.18. The first kappa shape index (κ1) is 13.7. The number of fused-ring (bicyclic) bond motifs is 1. The molecule has 108 valence electrons. The van der Waals surface area contributed by atoms with Crippen molar-refractivity contribution in [2.75, 3.05) is 0 Å². The lowest BCUT2D eigenvalue weighted by atomic mass is 10.1. The Balaban J connectivity index is 1.84. The van der Waals surface area contributed by atoms with Crippen LogP contribution in [0, 0.1) is 0 Å². The minimum Gasteiger partial charge on any atom is -0.308 e. The molecular weight excluding hydrogens is 262 g/mol. The highest BCUT2D eigenvalue weighted by Gasteiger charge is 2.09. The Morgan fingerprint density at radius 3 is 2.48 bits per heavy atom. The first-order valence-corrected chi connectivity index (χ1v) is 7.01. The van der Waals surface area contributed by atoms with Gasteiger partial charge in [0.05, 0.1) is 11.0 Å². The largest absolute Gasteiger partial charge is 0.308 e. The van der Waals surface area contributed by atoms with Crippen LogP contribution in [-0.4, -0.2) is 25.1 Å². The van der Waals surface area contributed by atoms with E-state index >= 15 is 0 Å². The van der Waals surface area contributed by atoms with Crippen LogP contribution in [0.4, 0.5) is 0 Å². The molecule has 2 aromatic heterocycles. The molecule has 1 aromatic carbocycles. The summed E-state index contributed by atoms with van der Waals surface area (Å²) in [4.78, 5) is 13.2. The molecule has 5 heteroatoms. The molecule has 0 unspecified atom stereocenters. The van der Waals surface area contributed by atoms with Gasteiger partial charge in [0.2, 0.25) is 5.95 Å². The predicted octanol–water partition coefficient (Wildman–Crippen LogP) is 2.70. The van der Waals surface area contributed by atoms with Crippen molar-refractivity contribution in [2.24, 2.45) is 0 Å². The molecule has 0 saturated heterocycles. The molecule has 2 heterocycles. The summed E-state index contributed by atoms with van der Waals surface area (Å²) in [6, 6.07) is 7.96. The number of para-hydroxylation sites is 2. The van der Waals surface area contributed by atoms with Crippen LogP contribution in [0.2, 0.25) is 0 Å². The Morgan fingerprint density at radius 1 is 1.05 bits per heavy atom. The van der Waals surface area contributed by atoms with Gasteiger partial charge in [-0.05, 0) is 32.9 Å². The first-order chi connectivity index (χ1) is 10.0. The molecule has 0 bridgehead atoms. The van der Waals surface area contributed by atoms with Crippen LogP contribution in [0.25, 0.3) is 17.0 Å². The molecule has 1 N–H and O–H groups in total. The average molecular weight is 281 g/mol. The monoisotopic (exact) mass is 281 g/mol. The highest BCUT2D eigenvalue weighted by atomic mass is 15.2. The molecule has 0 aliphatic rings. The van der Waals surface area contributed by atoms with Crippen LogP contribution in [0.15, 0.2) is 43.0 Å². The number of hydrogen-bond donors (Lipinski definition) is 1. The van der Waals surface area contributed by atoms with E-state index in [-0.39, 0.29) is 5.54 Å². The zero-order valence-corrected chi connectivity index (χ0v) is 12.5. The molecular formula is C16H19N5. The Labute approximate surface area is 124 Å². The van der Waals surface area contributed by atoms with Gasteiger partial charge >= 0.3 is 0 Å². The molecule has 0 fully saturated rings. The standard InChI is InChI=1S/C16H19N5/c1-16(2,3)20-10-12-8-17-15(18-9-12)21-11-19-13-6-4-5-7-14(13)21/h4-9,11,20H,10H2,1-3H3. The van der Waals surface area contributed by atoms with Crippen LogP contribution in [0.3, 0.4) is 0 Å². The van der Waals surface area contributed by atoms with E-state index in [1.54, 1.807) is 6.33 Å². The van der Waals surface area contributed by atoms with E-state index in [9.17, 15) is 0 Å². The molecule has 3 aromatic rings. The number of nitrogens with one attached hydrogen (secondary N) is 1. The van der Waals surface area contributed by atoms with Crippen molar-refractivity contribution in [1.29, 1.82) is 0 Å². The van der Waals surface area contributed by atoms with Gasteiger partial charge in [-0.2, -0.15) is 0 Å². The normalized spacial score (nSPS) is 12.0. The second-order valence-electron chi connectivity index (χ2n) is 6.10. The van der Waals surface area contributed by atoms with E-state index in [0.717, 1.165) is 23.1 Å². The number of aromatic nitrogens is 4. The van der Waals surface area contributed by atoms with E-state index in [0.29, 0.717) is 5.95 Å². The summed E-state index contributed by atoms with van der Waals surface area (Å²) in [5.41, 5.74) is 3.11. The molecule has 0 aliphatic carbocycles. The Morgan fingerprint density at radius 2 is 1.76 bits per heavy atom. The lowest BCUT2D eigenvalue weighted by Crippen LogP contribution is -2.35. The summed E-state index contributed by atoms with van der Waals surface area (Å²) in [6.07, 6.45) is 5.47. The highest BCUT2D eigenvalue weighted by molar-refractivity contribution is 5.76. The molecule has 0 spiro atoms. The van der Waals surface area contributed by atoms with Crippen molar-refractivity contribution in [3.63, 3.8) is 0 Å². The second-order valence-corrected chi connectivity index (χ2v) is 6.10. The van der Waals surface area contributed by atoms with Gasteiger partial charge in [0.15, 0.2) is 0 Å². The third kappa shape index (κ3) is 3.08. The fraction of sp³-hybridized carbons (Fsp3) is 0.312. The van der Waals surface area contributed by atoms with Crippen molar-refractivity contribution in [3.8, 4) is 5.95 Å². The van der Waals surface area contributed by atoms with Crippen LogP contribution in [-0.2, 0) is 6.54 Å². The predicted molar refractivity (Wildman–Crippen MR) is 83.3 cm³/mol. The summed E-state index contributed by atoms with van der Waals surface area (Å²) in [5.74, 6) is 0.642. The number of rotatable bonds is 3. The fourth-order valence-corrected chi connectivity index (χ4v) is 2.05. The van der Waals surface area contributed by atoms with Crippen LogP contribution in [0.5, 0.6) is 0 Å². The SMILES string of the molecule is CC(C)(C)NCc1cnc(-n2cnc3ccccc32)nc1. The Kier molecular flexibility index (Phi) is 3.43. The summed E-state index contributed by atoms with van der Waals surface area (Å²) in [5, 5.41) is 3.42. The average Bonchev–Trinajstić information content (AvgIpc) is 2.89. The van der Waals surface area contributed by atoms with Crippen LogP contribution >= 0.6 is 0 Å². The Hall–Kier alpha value is -2.27. The van der Waals surface area contributed by atoms with Crippen LogP contribution < -0.4 is 5.32 Å². The highest BCUT2D eigenvalue weighted by Crippen LogP contribution is 2.15. The van der Waals surface area contributed by atoms with Crippen molar-refractivity contribution in [1.82, 2.24) is 24.8 Å². The van der Waals surface area contributed by atoms with Gasteiger partial charge in [-0.15, -0.1) is 0 Å². The van der Waals surface area contributed by atoms with Crippen molar-refractivity contribution in [2.45, 2.75) is 32.9 Å². The number of imidazole rings is 1.